The van der Waals surface area contributed by atoms with E-state index in [9.17, 15) is 4.79 Å². The SMILES string of the molecule is Nc1ccc(-n2ccnc(NC3CCN(Cc4cccc(-c5ccccc5)c4)CC3)c2=O)cc1. The second kappa shape index (κ2) is 9.93. The predicted octanol–water partition coefficient (Wildman–Crippen LogP) is 4.56. The lowest BCUT2D eigenvalue weighted by Crippen LogP contribution is -2.40. The molecule has 0 spiro atoms. The fourth-order valence-corrected chi connectivity index (χ4v) is 4.52. The number of likely N-dealkylation sites (tertiary alicyclic amines) is 1. The molecule has 1 aliphatic heterocycles. The van der Waals surface area contributed by atoms with Crippen LogP contribution >= 0.6 is 0 Å². The van der Waals surface area contributed by atoms with Crippen molar-refractivity contribution >= 4 is 11.5 Å². The van der Waals surface area contributed by atoms with E-state index < -0.39 is 0 Å². The summed E-state index contributed by atoms with van der Waals surface area (Å²) in [7, 11) is 0. The molecule has 6 heteroatoms. The molecular weight excluding hydrogens is 422 g/mol. The van der Waals surface area contributed by atoms with Gasteiger partial charge in [0.25, 0.3) is 5.56 Å². The lowest BCUT2D eigenvalue weighted by atomic mass is 10.0. The van der Waals surface area contributed by atoms with Gasteiger partial charge in [0.15, 0.2) is 5.82 Å². The van der Waals surface area contributed by atoms with E-state index in [1.807, 2.05) is 18.2 Å². The first-order valence-electron chi connectivity index (χ1n) is 11.7. The summed E-state index contributed by atoms with van der Waals surface area (Å²) in [5, 5.41) is 3.39. The van der Waals surface area contributed by atoms with Crippen molar-refractivity contribution in [2.45, 2.75) is 25.4 Å². The van der Waals surface area contributed by atoms with E-state index in [2.05, 4.69) is 63.7 Å². The van der Waals surface area contributed by atoms with Gasteiger partial charge in [-0.25, -0.2) is 4.98 Å². The first kappa shape index (κ1) is 21.9. The van der Waals surface area contributed by atoms with E-state index in [0.29, 0.717) is 11.5 Å². The molecule has 2 heterocycles. The first-order valence-corrected chi connectivity index (χ1v) is 11.7. The number of nitrogens with two attached hydrogens (primary N) is 1. The number of hydrogen-bond donors (Lipinski definition) is 2. The highest BCUT2D eigenvalue weighted by atomic mass is 16.1. The molecule has 0 radical (unpaired) electrons. The van der Waals surface area contributed by atoms with Gasteiger partial charge in [-0.15, -0.1) is 0 Å². The van der Waals surface area contributed by atoms with E-state index in [1.54, 1.807) is 29.1 Å². The van der Waals surface area contributed by atoms with Crippen molar-refractivity contribution in [3.05, 3.63) is 107 Å². The quantitative estimate of drug-likeness (QED) is 0.421. The van der Waals surface area contributed by atoms with Crippen LogP contribution in [0.15, 0.2) is 96.1 Å². The molecule has 5 rings (SSSR count). The van der Waals surface area contributed by atoms with Crippen LogP contribution in [0, 0.1) is 0 Å². The molecule has 0 aliphatic carbocycles. The second-order valence-electron chi connectivity index (χ2n) is 8.80. The number of aromatic nitrogens is 2. The van der Waals surface area contributed by atoms with E-state index in [1.165, 1.54) is 16.7 Å². The number of piperidine rings is 1. The fourth-order valence-electron chi connectivity index (χ4n) is 4.52. The fraction of sp³-hybridized carbons (Fsp3) is 0.214. The van der Waals surface area contributed by atoms with Crippen LogP contribution in [0.2, 0.25) is 0 Å². The summed E-state index contributed by atoms with van der Waals surface area (Å²) in [5.74, 6) is 0.397. The molecular formula is C28H29N5O. The first-order chi connectivity index (χ1) is 16.7. The molecule has 172 valence electrons. The van der Waals surface area contributed by atoms with Crippen molar-refractivity contribution in [1.82, 2.24) is 14.5 Å². The van der Waals surface area contributed by atoms with Gasteiger partial charge in [-0.2, -0.15) is 0 Å². The van der Waals surface area contributed by atoms with Gasteiger partial charge in [0.1, 0.15) is 0 Å². The third-order valence-electron chi connectivity index (χ3n) is 6.38. The zero-order valence-electron chi connectivity index (χ0n) is 19.1. The molecule has 3 aromatic carbocycles. The lowest BCUT2D eigenvalue weighted by molar-refractivity contribution is 0.211. The van der Waals surface area contributed by atoms with E-state index in [4.69, 9.17) is 5.73 Å². The van der Waals surface area contributed by atoms with Gasteiger partial charge in [-0.3, -0.25) is 14.3 Å². The van der Waals surface area contributed by atoms with E-state index in [-0.39, 0.29) is 11.6 Å². The second-order valence-corrected chi connectivity index (χ2v) is 8.80. The molecule has 1 fully saturated rings. The Kier molecular flexibility index (Phi) is 6.40. The van der Waals surface area contributed by atoms with Crippen LogP contribution in [0.5, 0.6) is 0 Å². The van der Waals surface area contributed by atoms with E-state index >= 15 is 0 Å². The van der Waals surface area contributed by atoms with Crippen molar-refractivity contribution in [3.63, 3.8) is 0 Å². The molecule has 0 saturated carbocycles. The van der Waals surface area contributed by atoms with Gasteiger partial charge in [-0.05, 0) is 59.9 Å². The number of nitrogens with zero attached hydrogens (tertiary/aromatic N) is 3. The Bertz CT molecular complexity index is 1290. The van der Waals surface area contributed by atoms with Crippen LogP contribution in [0.25, 0.3) is 16.8 Å². The summed E-state index contributed by atoms with van der Waals surface area (Å²) in [5.41, 5.74) is 10.9. The van der Waals surface area contributed by atoms with Crippen LogP contribution < -0.4 is 16.6 Å². The zero-order chi connectivity index (χ0) is 23.3. The predicted molar refractivity (Wildman–Crippen MR) is 138 cm³/mol. The maximum absolute atomic E-state index is 13.0. The Labute approximate surface area is 199 Å². The summed E-state index contributed by atoms with van der Waals surface area (Å²) in [6.45, 7) is 2.89. The molecule has 1 aliphatic rings. The Morgan fingerprint density at radius 3 is 2.41 bits per heavy atom. The molecule has 1 saturated heterocycles. The molecule has 0 unspecified atom stereocenters. The zero-order valence-corrected chi connectivity index (χ0v) is 19.1. The highest BCUT2D eigenvalue weighted by Crippen LogP contribution is 2.22. The van der Waals surface area contributed by atoms with Crippen LogP contribution in [0.4, 0.5) is 11.5 Å². The summed E-state index contributed by atoms with van der Waals surface area (Å²) in [6.07, 6.45) is 5.28. The van der Waals surface area contributed by atoms with Gasteiger partial charge in [0.05, 0.1) is 0 Å². The molecule has 4 aromatic rings. The van der Waals surface area contributed by atoms with Gasteiger partial charge in [0, 0.05) is 49.4 Å². The Morgan fingerprint density at radius 1 is 0.912 bits per heavy atom. The van der Waals surface area contributed by atoms with Crippen molar-refractivity contribution in [1.29, 1.82) is 0 Å². The summed E-state index contributed by atoms with van der Waals surface area (Å²) in [6, 6.07) is 26.8. The monoisotopic (exact) mass is 451 g/mol. The lowest BCUT2D eigenvalue weighted by Gasteiger charge is -2.32. The van der Waals surface area contributed by atoms with Crippen molar-refractivity contribution < 1.29 is 0 Å². The van der Waals surface area contributed by atoms with Crippen molar-refractivity contribution in [2.24, 2.45) is 0 Å². The number of nitrogens with one attached hydrogen (secondary N) is 1. The largest absolute Gasteiger partial charge is 0.399 e. The van der Waals surface area contributed by atoms with E-state index in [0.717, 1.165) is 38.2 Å². The number of hydrogen-bond acceptors (Lipinski definition) is 5. The third-order valence-corrected chi connectivity index (χ3v) is 6.38. The van der Waals surface area contributed by atoms with Crippen LogP contribution in [0.1, 0.15) is 18.4 Å². The summed E-state index contributed by atoms with van der Waals surface area (Å²) in [4.78, 5) is 19.8. The van der Waals surface area contributed by atoms with Crippen molar-refractivity contribution in [3.8, 4) is 16.8 Å². The van der Waals surface area contributed by atoms with Gasteiger partial charge in [0.2, 0.25) is 0 Å². The minimum absolute atomic E-state index is 0.146. The number of anilines is 2. The van der Waals surface area contributed by atoms with Crippen LogP contribution in [-0.4, -0.2) is 33.6 Å². The minimum Gasteiger partial charge on any atom is -0.399 e. The average molecular weight is 452 g/mol. The number of rotatable bonds is 6. The Balaban J connectivity index is 1.20. The van der Waals surface area contributed by atoms with Gasteiger partial charge < -0.3 is 11.1 Å². The molecule has 34 heavy (non-hydrogen) atoms. The van der Waals surface area contributed by atoms with Crippen LogP contribution in [-0.2, 0) is 6.54 Å². The molecule has 3 N–H and O–H groups in total. The van der Waals surface area contributed by atoms with Gasteiger partial charge in [-0.1, -0.05) is 48.5 Å². The van der Waals surface area contributed by atoms with Crippen LogP contribution in [0.3, 0.4) is 0 Å². The molecule has 1 aromatic heterocycles. The smallest absolute Gasteiger partial charge is 0.297 e. The third kappa shape index (κ3) is 5.02. The maximum Gasteiger partial charge on any atom is 0.297 e. The number of nitrogen functional groups attached to an aromatic ring is 1. The molecule has 0 bridgehead atoms. The van der Waals surface area contributed by atoms with Crippen molar-refractivity contribution in [2.75, 3.05) is 24.1 Å². The Morgan fingerprint density at radius 2 is 1.65 bits per heavy atom. The number of benzene rings is 3. The highest BCUT2D eigenvalue weighted by molar-refractivity contribution is 5.63. The Hall–Kier alpha value is -3.90. The molecule has 6 nitrogen and oxygen atoms in total. The topological polar surface area (TPSA) is 76.2 Å². The molecule has 0 amide bonds. The maximum atomic E-state index is 13.0. The minimum atomic E-state index is -0.146. The standard InChI is InChI=1S/C28H29N5O/c29-24-9-11-26(12-10-24)33-18-15-30-27(28(33)34)31-25-13-16-32(17-14-25)20-21-5-4-8-23(19-21)22-6-2-1-3-7-22/h1-12,15,18-19,25H,13-14,16-17,20,29H2,(H,30,31). The summed E-state index contributed by atoms with van der Waals surface area (Å²) >= 11 is 0. The normalized spacial score (nSPS) is 14.7. The summed E-state index contributed by atoms with van der Waals surface area (Å²) < 4.78 is 1.60. The molecule has 0 atom stereocenters. The highest BCUT2D eigenvalue weighted by Gasteiger charge is 2.21. The van der Waals surface area contributed by atoms with Gasteiger partial charge >= 0.3 is 0 Å². The average Bonchev–Trinajstić information content (AvgIpc) is 2.88.